The van der Waals surface area contributed by atoms with Crippen molar-refractivity contribution in [2.24, 2.45) is 0 Å². The van der Waals surface area contributed by atoms with Gasteiger partial charge >= 0.3 is 0 Å². The predicted molar refractivity (Wildman–Crippen MR) is 122 cm³/mol. The summed E-state index contributed by atoms with van der Waals surface area (Å²) in [5, 5.41) is 0. The molecule has 0 aromatic heterocycles. The van der Waals surface area contributed by atoms with Gasteiger partial charge in [-0.2, -0.15) is 0 Å². The van der Waals surface area contributed by atoms with Gasteiger partial charge in [0, 0.05) is 17.4 Å². The van der Waals surface area contributed by atoms with Gasteiger partial charge in [-0.25, -0.2) is 0 Å². The highest BCUT2D eigenvalue weighted by molar-refractivity contribution is 6.26. The second-order valence-electron chi connectivity index (χ2n) is 7.87. The third kappa shape index (κ3) is 3.54. The first-order valence-corrected chi connectivity index (χ1v) is 10.5. The lowest BCUT2D eigenvalue weighted by Gasteiger charge is -2.36. The minimum absolute atomic E-state index is 0.110. The molecule has 0 heterocycles. The van der Waals surface area contributed by atoms with Crippen LogP contribution in [0.3, 0.4) is 0 Å². The Morgan fingerprint density at radius 3 is 1.77 bits per heavy atom. The number of Topliss-reactive ketones (excluding diaryl/α,β-unsaturated/α-hetero) is 1. The van der Waals surface area contributed by atoms with Crippen molar-refractivity contribution in [2.45, 2.75) is 18.3 Å². The van der Waals surface area contributed by atoms with Crippen LogP contribution >= 0.6 is 0 Å². The molecule has 1 heteroatoms. The number of rotatable bonds is 4. The second kappa shape index (κ2) is 8.44. The van der Waals surface area contributed by atoms with Crippen molar-refractivity contribution in [3.63, 3.8) is 0 Å². The van der Waals surface area contributed by atoms with E-state index in [1.54, 1.807) is 0 Å². The summed E-state index contributed by atoms with van der Waals surface area (Å²) < 4.78 is 0. The number of ketones is 1. The summed E-state index contributed by atoms with van der Waals surface area (Å²) in [6.45, 7) is 0. The number of allylic oxidation sites excluding steroid dienone is 2. The van der Waals surface area contributed by atoms with E-state index in [1.165, 1.54) is 5.56 Å². The van der Waals surface area contributed by atoms with Crippen molar-refractivity contribution in [1.29, 1.82) is 0 Å². The van der Waals surface area contributed by atoms with E-state index in [0.717, 1.165) is 34.6 Å². The van der Waals surface area contributed by atoms with Crippen LogP contribution in [0.2, 0.25) is 0 Å². The lowest BCUT2D eigenvalue weighted by atomic mass is 9.66. The van der Waals surface area contributed by atoms with E-state index in [2.05, 4.69) is 74.2 Å². The molecule has 1 nitrogen and oxygen atoms in total. The average Bonchev–Trinajstić information content (AvgIpc) is 3.35. The molecule has 0 saturated heterocycles. The Morgan fingerprint density at radius 2 is 1.17 bits per heavy atom. The highest BCUT2D eigenvalue weighted by atomic mass is 16.1. The zero-order valence-electron chi connectivity index (χ0n) is 16.7. The molecule has 2 unspecified atom stereocenters. The van der Waals surface area contributed by atoms with Gasteiger partial charge in [0.25, 0.3) is 0 Å². The largest absolute Gasteiger partial charge is 0.293 e. The summed E-state index contributed by atoms with van der Waals surface area (Å²) in [6.07, 6.45) is 9.18. The average molecular weight is 388 g/mol. The molecule has 145 valence electrons. The molecule has 3 aromatic carbocycles. The van der Waals surface area contributed by atoms with Gasteiger partial charge in [0.15, 0.2) is 5.78 Å². The Hall–Kier alpha value is -2.93. The lowest BCUT2D eigenvalue weighted by Crippen LogP contribution is -2.29. The van der Waals surface area contributed by atoms with E-state index < -0.39 is 0 Å². The van der Waals surface area contributed by atoms with Crippen LogP contribution in [0.15, 0.2) is 96.6 Å². The zero-order chi connectivity index (χ0) is 20.3. The third-order valence-electron chi connectivity index (χ3n) is 6.12. The van der Waals surface area contributed by atoms with Gasteiger partial charge in [-0.05, 0) is 48.8 Å². The Morgan fingerprint density at radius 1 is 0.633 bits per heavy atom. The van der Waals surface area contributed by atoms with Gasteiger partial charge in [0.1, 0.15) is 0 Å². The first kappa shape index (κ1) is 19.1. The fraction of sp³-hybridized carbons (Fsp3) is 0.103. The van der Waals surface area contributed by atoms with Crippen molar-refractivity contribution < 1.29 is 4.79 Å². The maximum Gasteiger partial charge on any atom is 0.171 e. The third-order valence-corrected chi connectivity index (χ3v) is 6.12. The van der Waals surface area contributed by atoms with Crippen LogP contribution in [0.1, 0.15) is 34.9 Å². The molecule has 0 amide bonds. The molecule has 30 heavy (non-hydrogen) atoms. The number of carbonyl (C=O) groups is 1. The van der Waals surface area contributed by atoms with E-state index in [1.807, 2.05) is 42.5 Å². The molecule has 1 fully saturated rings. The summed E-state index contributed by atoms with van der Waals surface area (Å²) >= 11 is 0. The quantitative estimate of drug-likeness (QED) is 0.507. The summed E-state index contributed by atoms with van der Waals surface area (Å²) in [6, 6.07) is 30.9. The molecule has 0 bridgehead atoms. The minimum atomic E-state index is -0.192. The first-order valence-electron chi connectivity index (χ1n) is 10.5. The van der Waals surface area contributed by atoms with Crippen molar-refractivity contribution in [3.05, 3.63) is 145 Å². The SMILES string of the molecule is O=C1C(c2ccccc2)=C([C]2[CH][CH][CH][CH]2)CC(c2ccccc2)C1c1ccccc1. The normalized spacial score (nSPS) is 22.5. The molecule has 0 spiro atoms. The molecule has 3 aromatic rings. The molecule has 0 aliphatic heterocycles. The van der Waals surface area contributed by atoms with Crippen molar-refractivity contribution in [2.75, 3.05) is 0 Å². The van der Waals surface area contributed by atoms with Gasteiger partial charge in [0.2, 0.25) is 0 Å². The van der Waals surface area contributed by atoms with Gasteiger partial charge in [-0.1, -0.05) is 96.6 Å². The Balaban J connectivity index is 1.69. The standard InChI is InChI=1S/C29H23O/c30-29-27(23-16-6-2-7-17-23)25(21-12-4-1-5-13-21)20-26(22-14-10-11-15-22)28(29)24-18-8-3-9-19-24/h1-19,25,27H,20H2. The fourth-order valence-electron chi connectivity index (χ4n) is 4.74. The smallest absolute Gasteiger partial charge is 0.171 e. The van der Waals surface area contributed by atoms with E-state index >= 15 is 0 Å². The van der Waals surface area contributed by atoms with Gasteiger partial charge in [-0.3, -0.25) is 4.79 Å². The topological polar surface area (TPSA) is 17.1 Å². The van der Waals surface area contributed by atoms with Crippen LogP contribution in [0.5, 0.6) is 0 Å². The Labute approximate surface area is 179 Å². The Bertz CT molecular complexity index is 1030. The van der Waals surface area contributed by atoms with E-state index in [0.29, 0.717) is 0 Å². The maximum absolute atomic E-state index is 14.2. The van der Waals surface area contributed by atoms with Crippen LogP contribution in [-0.2, 0) is 4.79 Å². The monoisotopic (exact) mass is 387 g/mol. The lowest BCUT2D eigenvalue weighted by molar-refractivity contribution is -0.116. The minimum Gasteiger partial charge on any atom is -0.293 e. The van der Waals surface area contributed by atoms with Gasteiger partial charge in [0.05, 0.1) is 5.92 Å². The fourth-order valence-corrected chi connectivity index (χ4v) is 4.74. The molecule has 5 radical (unpaired) electrons. The molecule has 2 aliphatic carbocycles. The summed E-state index contributed by atoms with van der Waals surface area (Å²) in [4.78, 5) is 14.2. The van der Waals surface area contributed by atoms with E-state index in [4.69, 9.17) is 0 Å². The summed E-state index contributed by atoms with van der Waals surface area (Å²) in [5.41, 5.74) is 5.33. The summed E-state index contributed by atoms with van der Waals surface area (Å²) in [7, 11) is 0. The number of benzene rings is 3. The molecular weight excluding hydrogens is 364 g/mol. The van der Waals surface area contributed by atoms with Crippen molar-refractivity contribution in [1.82, 2.24) is 0 Å². The Kier molecular flexibility index (Phi) is 5.36. The molecule has 0 N–H and O–H groups in total. The highest BCUT2D eigenvalue weighted by Gasteiger charge is 2.41. The maximum atomic E-state index is 14.2. The number of hydrogen-bond acceptors (Lipinski definition) is 1. The van der Waals surface area contributed by atoms with Crippen LogP contribution in [-0.4, -0.2) is 5.78 Å². The molecule has 2 atom stereocenters. The number of hydrogen-bond donors (Lipinski definition) is 0. The van der Waals surface area contributed by atoms with Crippen molar-refractivity contribution in [3.8, 4) is 0 Å². The number of carbonyl (C=O) groups excluding carboxylic acids is 1. The highest BCUT2D eigenvalue weighted by Crippen LogP contribution is 2.51. The molecular formula is C29H23O. The van der Waals surface area contributed by atoms with E-state index in [9.17, 15) is 4.79 Å². The van der Waals surface area contributed by atoms with Crippen LogP contribution in [0, 0.1) is 31.6 Å². The van der Waals surface area contributed by atoms with Crippen LogP contribution < -0.4 is 0 Å². The van der Waals surface area contributed by atoms with Crippen LogP contribution in [0.25, 0.3) is 5.57 Å². The van der Waals surface area contributed by atoms with Gasteiger partial charge in [-0.15, -0.1) is 0 Å². The van der Waals surface area contributed by atoms with Crippen molar-refractivity contribution >= 4 is 11.4 Å². The molecule has 2 aliphatic rings. The van der Waals surface area contributed by atoms with Crippen LogP contribution in [0.4, 0.5) is 0 Å². The predicted octanol–water partition coefficient (Wildman–Crippen LogP) is 6.39. The zero-order valence-corrected chi connectivity index (χ0v) is 16.7. The van der Waals surface area contributed by atoms with E-state index in [-0.39, 0.29) is 17.6 Å². The van der Waals surface area contributed by atoms with Gasteiger partial charge < -0.3 is 0 Å². The summed E-state index contributed by atoms with van der Waals surface area (Å²) in [5.74, 6) is 1.28. The molecule has 1 saturated carbocycles. The first-order chi connectivity index (χ1) is 14.8. The second-order valence-corrected chi connectivity index (χ2v) is 7.87. The molecule has 5 rings (SSSR count).